The van der Waals surface area contributed by atoms with E-state index >= 15 is 0 Å². The molecule has 0 amide bonds. The summed E-state index contributed by atoms with van der Waals surface area (Å²) in [7, 11) is 0. The third kappa shape index (κ3) is 2.96. The van der Waals surface area contributed by atoms with Gasteiger partial charge in [-0.25, -0.2) is 8.78 Å². The first-order valence-electron chi connectivity index (χ1n) is 6.32. The van der Waals surface area contributed by atoms with Gasteiger partial charge in [0.15, 0.2) is 0 Å². The normalized spacial score (nSPS) is 19.5. The molecule has 2 rings (SSSR count). The van der Waals surface area contributed by atoms with Crippen LogP contribution in [0.3, 0.4) is 0 Å². The zero-order chi connectivity index (χ0) is 12.3. The van der Waals surface area contributed by atoms with E-state index in [-0.39, 0.29) is 5.92 Å². The number of nitrogen functional groups attached to an aromatic ring is 1. The second kappa shape index (κ2) is 5.48. The van der Waals surface area contributed by atoms with Gasteiger partial charge in [-0.1, -0.05) is 31.4 Å². The Morgan fingerprint density at radius 2 is 1.59 bits per heavy atom. The zero-order valence-corrected chi connectivity index (χ0v) is 9.91. The summed E-state index contributed by atoms with van der Waals surface area (Å²) in [6, 6.07) is 6.93. The molecule has 0 aromatic heterocycles. The van der Waals surface area contributed by atoms with Crippen LogP contribution in [0.5, 0.6) is 0 Å². The minimum atomic E-state index is -2.28. The van der Waals surface area contributed by atoms with Crippen LogP contribution in [0, 0.1) is 5.92 Å². The van der Waals surface area contributed by atoms with Gasteiger partial charge in [0.1, 0.15) is 0 Å². The Hall–Kier alpha value is -1.12. The molecule has 2 N–H and O–H groups in total. The Kier molecular flexibility index (Phi) is 3.97. The number of hydrogen-bond donors (Lipinski definition) is 1. The number of hydrogen-bond acceptors (Lipinski definition) is 1. The molecule has 17 heavy (non-hydrogen) atoms. The van der Waals surface area contributed by atoms with E-state index < -0.39 is 12.3 Å². The molecule has 0 heterocycles. The van der Waals surface area contributed by atoms with E-state index in [0.29, 0.717) is 5.69 Å². The highest BCUT2D eigenvalue weighted by Gasteiger charge is 2.31. The third-order valence-electron chi connectivity index (χ3n) is 3.75. The van der Waals surface area contributed by atoms with Crippen LogP contribution >= 0.6 is 0 Å². The molecule has 3 heteroatoms. The van der Waals surface area contributed by atoms with Crippen LogP contribution in [0.15, 0.2) is 24.3 Å². The van der Waals surface area contributed by atoms with E-state index in [2.05, 4.69) is 0 Å². The quantitative estimate of drug-likeness (QED) is 0.786. The topological polar surface area (TPSA) is 26.0 Å². The fourth-order valence-electron chi connectivity index (χ4n) is 2.83. The van der Waals surface area contributed by atoms with E-state index in [0.717, 1.165) is 31.2 Å². The van der Waals surface area contributed by atoms with Crippen LogP contribution in [-0.4, -0.2) is 6.43 Å². The maximum atomic E-state index is 13.2. The molecule has 1 aliphatic carbocycles. The molecular weight excluding hydrogens is 220 g/mol. The average molecular weight is 239 g/mol. The number of rotatable bonds is 3. The van der Waals surface area contributed by atoms with E-state index in [1.54, 1.807) is 24.3 Å². The van der Waals surface area contributed by atoms with Gasteiger partial charge in [0.2, 0.25) is 6.43 Å². The van der Waals surface area contributed by atoms with Crippen LogP contribution in [-0.2, 0) is 0 Å². The lowest BCUT2D eigenvalue weighted by molar-refractivity contribution is 0.0743. The van der Waals surface area contributed by atoms with Crippen molar-refractivity contribution < 1.29 is 8.78 Å². The van der Waals surface area contributed by atoms with Crippen molar-refractivity contribution in [2.45, 2.75) is 44.4 Å². The van der Waals surface area contributed by atoms with Crippen molar-refractivity contribution in [1.82, 2.24) is 0 Å². The average Bonchev–Trinajstić information content (AvgIpc) is 2.33. The summed E-state index contributed by atoms with van der Waals surface area (Å²) in [6.07, 6.45) is 2.94. The molecule has 1 aromatic rings. The van der Waals surface area contributed by atoms with Gasteiger partial charge < -0.3 is 5.73 Å². The lowest BCUT2D eigenvalue weighted by atomic mass is 9.77. The summed E-state index contributed by atoms with van der Waals surface area (Å²) in [5.74, 6) is -0.483. The second-order valence-corrected chi connectivity index (χ2v) is 4.92. The Balaban J connectivity index is 2.18. The smallest absolute Gasteiger partial charge is 0.245 e. The molecule has 0 aliphatic heterocycles. The van der Waals surface area contributed by atoms with Gasteiger partial charge in [-0.2, -0.15) is 0 Å². The summed E-state index contributed by atoms with van der Waals surface area (Å²) in [4.78, 5) is 0. The molecule has 1 saturated carbocycles. The SMILES string of the molecule is Nc1ccc(C(C(F)F)C2CCCCC2)cc1. The Labute approximate surface area is 101 Å². The molecule has 1 nitrogen and oxygen atoms in total. The van der Waals surface area contributed by atoms with Gasteiger partial charge in [0, 0.05) is 11.6 Å². The molecule has 1 aliphatic rings. The minimum absolute atomic E-state index is 0.132. The van der Waals surface area contributed by atoms with Crippen molar-refractivity contribution in [2.24, 2.45) is 5.92 Å². The van der Waals surface area contributed by atoms with Crippen molar-refractivity contribution in [3.8, 4) is 0 Å². The first kappa shape index (κ1) is 12.3. The molecular formula is C14H19F2N. The Morgan fingerprint density at radius 3 is 2.12 bits per heavy atom. The van der Waals surface area contributed by atoms with Gasteiger partial charge in [-0.3, -0.25) is 0 Å². The van der Waals surface area contributed by atoms with Crippen LogP contribution in [0.1, 0.15) is 43.6 Å². The second-order valence-electron chi connectivity index (χ2n) is 4.92. The highest BCUT2D eigenvalue weighted by atomic mass is 19.3. The lowest BCUT2D eigenvalue weighted by Gasteiger charge is -2.30. The highest BCUT2D eigenvalue weighted by molar-refractivity contribution is 5.40. The van der Waals surface area contributed by atoms with Gasteiger partial charge in [-0.15, -0.1) is 0 Å². The van der Waals surface area contributed by atoms with Gasteiger partial charge in [0.05, 0.1) is 0 Å². The molecule has 1 unspecified atom stereocenters. The maximum absolute atomic E-state index is 13.2. The molecule has 0 radical (unpaired) electrons. The number of nitrogens with two attached hydrogens (primary N) is 1. The standard InChI is InChI=1S/C14H19F2N/c15-14(16)13(10-4-2-1-3-5-10)11-6-8-12(17)9-7-11/h6-10,13-14H,1-5,17H2. The lowest BCUT2D eigenvalue weighted by Crippen LogP contribution is -2.22. The predicted octanol–water partition coefficient (Wildman–Crippen LogP) is 4.20. The number of halogens is 2. The summed E-state index contributed by atoms with van der Waals surface area (Å²) in [5.41, 5.74) is 6.96. The van der Waals surface area contributed by atoms with Gasteiger partial charge in [0.25, 0.3) is 0 Å². The Bertz CT molecular complexity index is 342. The molecule has 0 saturated heterocycles. The molecule has 1 atom stereocenters. The van der Waals surface area contributed by atoms with Gasteiger partial charge >= 0.3 is 0 Å². The fraction of sp³-hybridized carbons (Fsp3) is 0.571. The van der Waals surface area contributed by atoms with Crippen LogP contribution in [0.4, 0.5) is 14.5 Å². The maximum Gasteiger partial charge on any atom is 0.245 e. The van der Waals surface area contributed by atoms with E-state index in [1.165, 1.54) is 6.42 Å². The number of anilines is 1. The Morgan fingerprint density at radius 1 is 1.00 bits per heavy atom. The fourth-order valence-corrected chi connectivity index (χ4v) is 2.83. The van der Waals surface area contributed by atoms with Crippen LogP contribution < -0.4 is 5.73 Å². The number of alkyl halides is 2. The first-order chi connectivity index (χ1) is 8.18. The van der Waals surface area contributed by atoms with Crippen LogP contribution in [0.2, 0.25) is 0 Å². The monoisotopic (exact) mass is 239 g/mol. The predicted molar refractivity (Wildman–Crippen MR) is 66.2 cm³/mol. The van der Waals surface area contributed by atoms with E-state index in [4.69, 9.17) is 5.73 Å². The molecule has 1 aromatic carbocycles. The van der Waals surface area contributed by atoms with Crippen molar-refractivity contribution in [3.05, 3.63) is 29.8 Å². The van der Waals surface area contributed by atoms with Crippen molar-refractivity contribution in [1.29, 1.82) is 0 Å². The van der Waals surface area contributed by atoms with Gasteiger partial charge in [-0.05, 0) is 36.5 Å². The molecule has 0 spiro atoms. The molecule has 1 fully saturated rings. The summed E-state index contributed by atoms with van der Waals surface area (Å²) >= 11 is 0. The minimum Gasteiger partial charge on any atom is -0.399 e. The molecule has 0 bridgehead atoms. The van der Waals surface area contributed by atoms with Crippen molar-refractivity contribution >= 4 is 5.69 Å². The largest absolute Gasteiger partial charge is 0.399 e. The van der Waals surface area contributed by atoms with Crippen LogP contribution in [0.25, 0.3) is 0 Å². The van der Waals surface area contributed by atoms with E-state index in [1.807, 2.05) is 0 Å². The summed E-state index contributed by atoms with van der Waals surface area (Å²) < 4.78 is 26.5. The molecule has 94 valence electrons. The number of benzene rings is 1. The summed E-state index contributed by atoms with van der Waals surface area (Å²) in [6.45, 7) is 0. The highest BCUT2D eigenvalue weighted by Crippen LogP contribution is 2.39. The van der Waals surface area contributed by atoms with Crippen molar-refractivity contribution in [2.75, 3.05) is 5.73 Å². The summed E-state index contributed by atoms with van der Waals surface area (Å²) in [5, 5.41) is 0. The third-order valence-corrected chi connectivity index (χ3v) is 3.75. The van der Waals surface area contributed by atoms with E-state index in [9.17, 15) is 8.78 Å². The first-order valence-corrected chi connectivity index (χ1v) is 6.32. The zero-order valence-electron chi connectivity index (χ0n) is 9.91. The van der Waals surface area contributed by atoms with Crippen molar-refractivity contribution in [3.63, 3.8) is 0 Å².